The molecule has 2 unspecified atom stereocenters. The fraction of sp³-hybridized carbons (Fsp3) is 0.250. The molecule has 3 heterocycles. The topological polar surface area (TPSA) is 73.0 Å². The highest BCUT2D eigenvalue weighted by Gasteiger charge is 2.48. The predicted octanol–water partition coefficient (Wildman–Crippen LogP) is 2.71. The number of halogens is 1. The van der Waals surface area contributed by atoms with Crippen molar-refractivity contribution in [3.8, 4) is 5.75 Å². The molecule has 2 atom stereocenters. The number of nitrogens with zero attached hydrogens (tertiary/aromatic N) is 3. The summed E-state index contributed by atoms with van der Waals surface area (Å²) < 4.78 is 7.11. The minimum Gasteiger partial charge on any atom is -0.485 e. The van der Waals surface area contributed by atoms with Gasteiger partial charge in [-0.1, -0.05) is 15.9 Å². The van der Waals surface area contributed by atoms with Crippen molar-refractivity contribution < 1.29 is 9.57 Å². The van der Waals surface area contributed by atoms with Crippen LogP contribution in [0, 0.1) is 0 Å². The lowest BCUT2D eigenvalue weighted by Crippen LogP contribution is -2.36. The van der Waals surface area contributed by atoms with Crippen LogP contribution in [0.3, 0.4) is 0 Å². The minimum absolute atomic E-state index is 0.185. The van der Waals surface area contributed by atoms with E-state index in [9.17, 15) is 0 Å². The molecule has 2 aromatic rings. The first kappa shape index (κ1) is 14.5. The smallest absolute Gasteiger partial charge is 0.222 e. The van der Waals surface area contributed by atoms with Crippen LogP contribution in [-0.4, -0.2) is 23.1 Å². The third-order valence-electron chi connectivity index (χ3n) is 4.08. The highest BCUT2D eigenvalue weighted by Crippen LogP contribution is 2.50. The second-order valence-electron chi connectivity index (χ2n) is 5.57. The Hall–Kier alpha value is -2.12. The second kappa shape index (κ2) is 5.21. The van der Waals surface area contributed by atoms with Gasteiger partial charge in [-0.05, 0) is 35.9 Å². The van der Waals surface area contributed by atoms with E-state index in [1.165, 1.54) is 5.06 Å². The lowest BCUT2D eigenvalue weighted by atomic mass is 9.90. The van der Waals surface area contributed by atoms with Crippen LogP contribution >= 0.6 is 15.9 Å². The molecule has 0 saturated heterocycles. The number of benzene rings is 1. The lowest BCUT2D eigenvalue weighted by molar-refractivity contribution is -0.191. The molecule has 118 valence electrons. The number of hydrogen-bond donors (Lipinski definition) is 1. The quantitative estimate of drug-likeness (QED) is 0.830. The Morgan fingerprint density at radius 3 is 2.78 bits per heavy atom. The van der Waals surface area contributed by atoms with Crippen LogP contribution in [0.4, 0.5) is 0 Å². The fourth-order valence-corrected chi connectivity index (χ4v) is 3.33. The van der Waals surface area contributed by atoms with Gasteiger partial charge in [0.05, 0.1) is 5.56 Å². The van der Waals surface area contributed by atoms with Gasteiger partial charge in [0.15, 0.2) is 0 Å². The molecule has 0 bridgehead atoms. The highest BCUT2D eigenvalue weighted by molar-refractivity contribution is 9.10. The number of rotatable bonds is 1. The SMILES string of the molecule is CN1OC2(CC(c3ccncc3)Oc3ccc(Br)cc32)N=C1N. The number of ether oxygens (including phenoxy) is 1. The Kier molecular flexibility index (Phi) is 3.28. The van der Waals surface area contributed by atoms with E-state index < -0.39 is 5.72 Å². The molecular weight excluding hydrogens is 360 g/mol. The summed E-state index contributed by atoms with van der Waals surface area (Å²) in [6.45, 7) is 0. The van der Waals surface area contributed by atoms with E-state index in [-0.39, 0.29) is 6.10 Å². The van der Waals surface area contributed by atoms with Gasteiger partial charge in [-0.15, -0.1) is 0 Å². The first-order valence-electron chi connectivity index (χ1n) is 7.22. The normalized spacial score (nSPS) is 25.9. The first-order chi connectivity index (χ1) is 11.1. The van der Waals surface area contributed by atoms with Gasteiger partial charge < -0.3 is 10.5 Å². The zero-order valence-corrected chi connectivity index (χ0v) is 14.0. The largest absolute Gasteiger partial charge is 0.485 e. The molecule has 0 radical (unpaired) electrons. The summed E-state index contributed by atoms with van der Waals surface area (Å²) in [5.41, 5.74) is 6.97. The zero-order chi connectivity index (χ0) is 16.0. The molecular formula is C16H15BrN4O2. The van der Waals surface area contributed by atoms with Crippen LogP contribution < -0.4 is 10.5 Å². The maximum absolute atomic E-state index is 6.17. The van der Waals surface area contributed by atoms with Gasteiger partial charge in [-0.25, -0.2) is 14.9 Å². The van der Waals surface area contributed by atoms with Gasteiger partial charge in [-0.3, -0.25) is 4.98 Å². The molecule has 2 aliphatic heterocycles. The van der Waals surface area contributed by atoms with Crippen LogP contribution in [0.25, 0.3) is 0 Å². The number of hydrogen-bond acceptors (Lipinski definition) is 6. The summed E-state index contributed by atoms with van der Waals surface area (Å²) in [4.78, 5) is 14.7. The van der Waals surface area contributed by atoms with Crippen molar-refractivity contribution in [2.75, 3.05) is 7.05 Å². The summed E-state index contributed by atoms with van der Waals surface area (Å²) in [6, 6.07) is 9.70. The van der Waals surface area contributed by atoms with Crippen LogP contribution in [-0.2, 0) is 10.6 Å². The third-order valence-corrected chi connectivity index (χ3v) is 4.57. The number of nitrogens with two attached hydrogens (primary N) is 1. The van der Waals surface area contributed by atoms with Crippen molar-refractivity contribution in [3.63, 3.8) is 0 Å². The number of hydroxylamine groups is 2. The molecule has 2 aliphatic rings. The molecule has 2 N–H and O–H groups in total. The van der Waals surface area contributed by atoms with E-state index in [0.717, 1.165) is 21.3 Å². The summed E-state index contributed by atoms with van der Waals surface area (Å²) in [5.74, 6) is 1.10. The van der Waals surface area contributed by atoms with Gasteiger partial charge in [0, 0.05) is 30.3 Å². The lowest BCUT2D eigenvalue weighted by Gasteiger charge is -2.37. The van der Waals surface area contributed by atoms with Crippen LogP contribution in [0.2, 0.25) is 0 Å². The average molecular weight is 375 g/mol. The number of fused-ring (bicyclic) bond motifs is 2. The monoisotopic (exact) mass is 374 g/mol. The van der Waals surface area contributed by atoms with Crippen molar-refractivity contribution in [1.82, 2.24) is 10.0 Å². The van der Waals surface area contributed by atoms with E-state index in [4.69, 9.17) is 15.3 Å². The summed E-state index contributed by atoms with van der Waals surface area (Å²) in [6.07, 6.45) is 3.85. The van der Waals surface area contributed by atoms with Crippen molar-refractivity contribution in [1.29, 1.82) is 0 Å². The predicted molar refractivity (Wildman–Crippen MR) is 88.5 cm³/mol. The van der Waals surface area contributed by atoms with Crippen LogP contribution in [0.5, 0.6) is 5.75 Å². The standard InChI is InChI=1S/C16H15BrN4O2/c1-21-15(18)20-16(23-21)9-14(10-4-6-19-7-5-10)22-13-3-2-11(17)8-12(13)16/h2-8,14H,9H2,1H3,(H2,18,20). The molecule has 23 heavy (non-hydrogen) atoms. The second-order valence-corrected chi connectivity index (χ2v) is 6.49. The van der Waals surface area contributed by atoms with Gasteiger partial charge in [-0.2, -0.15) is 0 Å². The van der Waals surface area contributed by atoms with E-state index in [1.807, 2.05) is 30.3 Å². The van der Waals surface area contributed by atoms with E-state index >= 15 is 0 Å². The Morgan fingerprint density at radius 2 is 2.09 bits per heavy atom. The molecule has 1 spiro atoms. The van der Waals surface area contributed by atoms with Crippen LogP contribution in [0.1, 0.15) is 23.7 Å². The van der Waals surface area contributed by atoms with Gasteiger partial charge in [0.2, 0.25) is 11.7 Å². The van der Waals surface area contributed by atoms with Crippen molar-refractivity contribution in [2.45, 2.75) is 18.2 Å². The van der Waals surface area contributed by atoms with E-state index in [2.05, 4.69) is 25.9 Å². The maximum atomic E-state index is 6.17. The minimum atomic E-state index is -0.871. The molecule has 7 heteroatoms. The van der Waals surface area contributed by atoms with Gasteiger partial charge in [0.1, 0.15) is 11.9 Å². The van der Waals surface area contributed by atoms with Crippen molar-refractivity contribution >= 4 is 21.9 Å². The Balaban J connectivity index is 1.84. The summed E-state index contributed by atoms with van der Waals surface area (Å²) in [5, 5.41) is 1.50. The summed E-state index contributed by atoms with van der Waals surface area (Å²) >= 11 is 3.50. The van der Waals surface area contributed by atoms with E-state index in [1.54, 1.807) is 19.4 Å². The molecule has 6 nitrogen and oxygen atoms in total. The fourth-order valence-electron chi connectivity index (χ4n) is 2.97. The maximum Gasteiger partial charge on any atom is 0.222 e. The molecule has 4 rings (SSSR count). The number of aliphatic imine (C=N–C) groups is 1. The van der Waals surface area contributed by atoms with Crippen LogP contribution in [0.15, 0.2) is 52.2 Å². The zero-order valence-electron chi connectivity index (χ0n) is 12.4. The first-order valence-corrected chi connectivity index (χ1v) is 8.01. The molecule has 0 fully saturated rings. The third kappa shape index (κ3) is 2.36. The molecule has 0 saturated carbocycles. The molecule has 0 aliphatic carbocycles. The highest BCUT2D eigenvalue weighted by atomic mass is 79.9. The van der Waals surface area contributed by atoms with E-state index in [0.29, 0.717) is 12.4 Å². The Bertz CT molecular complexity index is 783. The van der Waals surface area contributed by atoms with Gasteiger partial charge >= 0.3 is 0 Å². The Morgan fingerprint density at radius 1 is 1.30 bits per heavy atom. The van der Waals surface area contributed by atoms with Crippen molar-refractivity contribution in [3.05, 3.63) is 58.3 Å². The average Bonchev–Trinajstić information content (AvgIpc) is 2.83. The number of aromatic nitrogens is 1. The molecule has 0 amide bonds. The van der Waals surface area contributed by atoms with Crippen molar-refractivity contribution in [2.24, 2.45) is 10.7 Å². The number of pyridine rings is 1. The Labute approximate surface area is 142 Å². The number of guanidine groups is 1. The molecule has 1 aromatic heterocycles. The summed E-state index contributed by atoms with van der Waals surface area (Å²) in [7, 11) is 1.75. The molecule has 1 aromatic carbocycles. The van der Waals surface area contributed by atoms with Gasteiger partial charge in [0.25, 0.3) is 0 Å².